The highest BCUT2D eigenvalue weighted by Crippen LogP contribution is 2.37. The Kier molecular flexibility index (Phi) is 5.32. The summed E-state index contributed by atoms with van der Waals surface area (Å²) in [4.78, 5) is 13.2. The van der Waals surface area contributed by atoms with Crippen LogP contribution in [-0.2, 0) is 4.79 Å². The van der Waals surface area contributed by atoms with E-state index in [2.05, 4.69) is 32.6 Å². The maximum Gasteiger partial charge on any atom is 0.317 e. The molecule has 1 atom stereocenters. The van der Waals surface area contributed by atoms with Gasteiger partial charge < -0.3 is 5.11 Å². The van der Waals surface area contributed by atoms with Crippen LogP contribution in [0.2, 0.25) is 0 Å². The lowest BCUT2D eigenvalue weighted by Gasteiger charge is -2.45. The lowest BCUT2D eigenvalue weighted by atomic mass is 9.81. The number of hydrogen-bond donors (Lipinski definition) is 1. The predicted octanol–water partition coefficient (Wildman–Crippen LogP) is 2.56. The summed E-state index contributed by atoms with van der Waals surface area (Å²) >= 11 is 1.95. The summed E-state index contributed by atoms with van der Waals surface area (Å²) < 4.78 is 0. The third kappa shape index (κ3) is 4.51. The standard InChI is InChI=1S/C13H25NO2S/c1-10(2)7-14(8-12(15)16)11-9-17-6-5-13(11,3)4/h10-11H,5-9H2,1-4H3,(H,15,16). The Morgan fingerprint density at radius 3 is 2.65 bits per heavy atom. The van der Waals surface area contributed by atoms with Gasteiger partial charge in [-0.1, -0.05) is 27.7 Å². The van der Waals surface area contributed by atoms with Crippen molar-refractivity contribution in [1.29, 1.82) is 0 Å². The maximum absolute atomic E-state index is 11.0. The molecule has 1 fully saturated rings. The Morgan fingerprint density at radius 2 is 2.18 bits per heavy atom. The van der Waals surface area contributed by atoms with Gasteiger partial charge in [0.25, 0.3) is 0 Å². The molecule has 1 aliphatic rings. The van der Waals surface area contributed by atoms with Gasteiger partial charge in [0.05, 0.1) is 6.54 Å². The average molecular weight is 259 g/mol. The molecule has 0 radical (unpaired) electrons. The van der Waals surface area contributed by atoms with Crippen molar-refractivity contribution in [3.05, 3.63) is 0 Å². The third-order valence-electron chi connectivity index (χ3n) is 3.45. The topological polar surface area (TPSA) is 40.5 Å². The van der Waals surface area contributed by atoms with Crippen LogP contribution in [0.25, 0.3) is 0 Å². The van der Waals surface area contributed by atoms with Crippen molar-refractivity contribution < 1.29 is 9.90 Å². The van der Waals surface area contributed by atoms with Crippen molar-refractivity contribution in [3.8, 4) is 0 Å². The SMILES string of the molecule is CC(C)CN(CC(=O)O)C1CSCCC1(C)C. The van der Waals surface area contributed by atoms with Crippen LogP contribution >= 0.6 is 11.8 Å². The zero-order valence-corrected chi connectivity index (χ0v) is 12.2. The highest BCUT2D eigenvalue weighted by molar-refractivity contribution is 7.99. The molecule has 0 amide bonds. The van der Waals surface area contributed by atoms with Gasteiger partial charge in [0.1, 0.15) is 0 Å². The molecular weight excluding hydrogens is 234 g/mol. The van der Waals surface area contributed by atoms with E-state index in [1.165, 1.54) is 12.2 Å². The van der Waals surface area contributed by atoms with Crippen LogP contribution in [0.15, 0.2) is 0 Å². The van der Waals surface area contributed by atoms with Crippen molar-refractivity contribution in [2.45, 2.75) is 40.2 Å². The van der Waals surface area contributed by atoms with Gasteiger partial charge in [0, 0.05) is 18.3 Å². The molecule has 0 aromatic rings. The highest BCUT2D eigenvalue weighted by Gasteiger charge is 2.37. The van der Waals surface area contributed by atoms with E-state index in [1.807, 2.05) is 11.8 Å². The van der Waals surface area contributed by atoms with Gasteiger partial charge in [-0.05, 0) is 23.5 Å². The normalized spacial score (nSPS) is 24.2. The van der Waals surface area contributed by atoms with Crippen LogP contribution < -0.4 is 0 Å². The lowest BCUT2D eigenvalue weighted by molar-refractivity contribution is -0.139. The quantitative estimate of drug-likeness (QED) is 0.824. The largest absolute Gasteiger partial charge is 0.480 e. The van der Waals surface area contributed by atoms with Gasteiger partial charge >= 0.3 is 5.97 Å². The summed E-state index contributed by atoms with van der Waals surface area (Å²) in [7, 11) is 0. The zero-order chi connectivity index (χ0) is 13.1. The number of carbonyl (C=O) groups is 1. The number of carboxylic acid groups (broad SMARTS) is 1. The first-order valence-corrected chi connectivity index (χ1v) is 7.52. The van der Waals surface area contributed by atoms with Gasteiger partial charge in [-0.25, -0.2) is 0 Å². The molecule has 1 N–H and O–H groups in total. The predicted molar refractivity (Wildman–Crippen MR) is 73.6 cm³/mol. The first-order chi connectivity index (χ1) is 7.83. The lowest BCUT2D eigenvalue weighted by Crippen LogP contribution is -2.52. The number of carboxylic acids is 1. The molecule has 1 rings (SSSR count). The molecule has 1 saturated heterocycles. The van der Waals surface area contributed by atoms with Crippen molar-refractivity contribution in [2.24, 2.45) is 11.3 Å². The number of thioether (sulfide) groups is 1. The number of nitrogens with zero attached hydrogens (tertiary/aromatic N) is 1. The van der Waals surface area contributed by atoms with Crippen LogP contribution in [0.4, 0.5) is 0 Å². The smallest absolute Gasteiger partial charge is 0.317 e. The molecule has 1 aliphatic heterocycles. The van der Waals surface area contributed by atoms with Crippen LogP contribution in [-0.4, -0.2) is 46.6 Å². The molecule has 0 saturated carbocycles. The summed E-state index contributed by atoms with van der Waals surface area (Å²) in [6.45, 7) is 9.89. The fourth-order valence-corrected chi connectivity index (χ4v) is 4.19. The summed E-state index contributed by atoms with van der Waals surface area (Å²) in [6.07, 6.45) is 1.18. The van der Waals surface area contributed by atoms with E-state index in [0.717, 1.165) is 12.3 Å². The Bertz CT molecular complexity index is 266. The number of rotatable bonds is 5. The van der Waals surface area contributed by atoms with Gasteiger partial charge in [-0.3, -0.25) is 9.69 Å². The van der Waals surface area contributed by atoms with Gasteiger partial charge in [-0.15, -0.1) is 0 Å². The maximum atomic E-state index is 11.0. The second-order valence-electron chi connectivity index (χ2n) is 6.05. The summed E-state index contributed by atoms with van der Waals surface area (Å²) in [5, 5.41) is 9.05. The molecule has 0 aromatic heterocycles. The van der Waals surface area contributed by atoms with Gasteiger partial charge in [0.15, 0.2) is 0 Å². The van der Waals surface area contributed by atoms with Gasteiger partial charge in [-0.2, -0.15) is 11.8 Å². The molecule has 0 aromatic carbocycles. The van der Waals surface area contributed by atoms with E-state index in [9.17, 15) is 4.79 Å². The van der Waals surface area contributed by atoms with E-state index in [0.29, 0.717) is 12.0 Å². The van der Waals surface area contributed by atoms with E-state index in [4.69, 9.17) is 5.11 Å². The third-order valence-corrected chi connectivity index (χ3v) is 4.49. The summed E-state index contributed by atoms with van der Waals surface area (Å²) in [6, 6.07) is 0.389. The number of aliphatic carboxylic acids is 1. The van der Waals surface area contributed by atoms with Crippen molar-refractivity contribution in [1.82, 2.24) is 4.90 Å². The Labute approximate surface area is 109 Å². The van der Waals surface area contributed by atoms with Crippen molar-refractivity contribution >= 4 is 17.7 Å². The minimum absolute atomic E-state index is 0.173. The fraction of sp³-hybridized carbons (Fsp3) is 0.923. The van der Waals surface area contributed by atoms with Crippen LogP contribution in [0.5, 0.6) is 0 Å². The zero-order valence-electron chi connectivity index (χ0n) is 11.4. The second kappa shape index (κ2) is 6.10. The second-order valence-corrected chi connectivity index (χ2v) is 7.20. The molecule has 0 bridgehead atoms. The van der Waals surface area contributed by atoms with Crippen LogP contribution in [0, 0.1) is 11.3 Å². The average Bonchev–Trinajstić information content (AvgIpc) is 2.14. The summed E-state index contributed by atoms with van der Waals surface area (Å²) in [5.74, 6) is 2.06. The van der Waals surface area contributed by atoms with E-state index in [-0.39, 0.29) is 12.0 Å². The molecule has 0 spiro atoms. The Hall–Kier alpha value is -0.220. The highest BCUT2D eigenvalue weighted by atomic mass is 32.2. The van der Waals surface area contributed by atoms with E-state index in [1.54, 1.807) is 0 Å². The molecule has 1 unspecified atom stereocenters. The minimum Gasteiger partial charge on any atom is -0.480 e. The molecule has 100 valence electrons. The monoisotopic (exact) mass is 259 g/mol. The van der Waals surface area contributed by atoms with E-state index < -0.39 is 5.97 Å². The van der Waals surface area contributed by atoms with Crippen LogP contribution in [0.1, 0.15) is 34.1 Å². The molecular formula is C13H25NO2S. The molecule has 3 nitrogen and oxygen atoms in total. The van der Waals surface area contributed by atoms with E-state index >= 15 is 0 Å². The first kappa shape index (κ1) is 14.8. The molecule has 17 heavy (non-hydrogen) atoms. The molecule has 0 aliphatic carbocycles. The Balaban J connectivity index is 2.75. The fourth-order valence-electron chi connectivity index (χ4n) is 2.47. The Morgan fingerprint density at radius 1 is 1.53 bits per heavy atom. The van der Waals surface area contributed by atoms with Crippen molar-refractivity contribution in [2.75, 3.05) is 24.6 Å². The molecule has 4 heteroatoms. The van der Waals surface area contributed by atoms with Crippen LogP contribution in [0.3, 0.4) is 0 Å². The first-order valence-electron chi connectivity index (χ1n) is 6.36. The minimum atomic E-state index is -0.711. The number of hydrogen-bond acceptors (Lipinski definition) is 3. The molecule has 1 heterocycles. The van der Waals surface area contributed by atoms with Gasteiger partial charge in [0.2, 0.25) is 0 Å². The van der Waals surface area contributed by atoms with Crippen molar-refractivity contribution in [3.63, 3.8) is 0 Å². The summed E-state index contributed by atoms with van der Waals surface area (Å²) in [5.41, 5.74) is 0.232.